The van der Waals surface area contributed by atoms with Gasteiger partial charge in [-0.3, -0.25) is 0 Å². The van der Waals surface area contributed by atoms with Crippen LogP contribution in [0.1, 0.15) is 17.2 Å². The Bertz CT molecular complexity index is 272. The molecule has 0 aromatic heterocycles. The Labute approximate surface area is 71.2 Å². The van der Waals surface area contributed by atoms with Crippen LogP contribution in [0.25, 0.3) is 0 Å². The van der Waals surface area contributed by atoms with E-state index in [0.29, 0.717) is 0 Å². The van der Waals surface area contributed by atoms with Crippen LogP contribution < -0.4 is 5.73 Å². The van der Waals surface area contributed by atoms with Crippen molar-refractivity contribution in [3.05, 3.63) is 35.4 Å². The van der Waals surface area contributed by atoms with Gasteiger partial charge in [0.25, 0.3) is 0 Å². The first-order chi connectivity index (χ1) is 5.29. The van der Waals surface area contributed by atoms with Crippen LogP contribution in [0.4, 0.5) is 0 Å². The minimum atomic E-state index is 0.0351. The lowest BCUT2D eigenvalue weighted by atomic mass is 10.1. The van der Waals surface area contributed by atoms with Gasteiger partial charge in [-0.15, -0.1) is 11.6 Å². The van der Waals surface area contributed by atoms with Gasteiger partial charge in [0.05, 0.1) is 5.38 Å². The molecule has 0 spiro atoms. The number of fused-ring (bicyclic) bond motifs is 1. The Kier molecular flexibility index (Phi) is 1.63. The minimum absolute atomic E-state index is 0.0351. The van der Waals surface area contributed by atoms with E-state index in [1.165, 1.54) is 11.1 Å². The maximum Gasteiger partial charge on any atom is 0.0569 e. The highest BCUT2D eigenvalue weighted by Crippen LogP contribution is 2.32. The van der Waals surface area contributed by atoms with Gasteiger partial charge in [-0.1, -0.05) is 24.3 Å². The van der Waals surface area contributed by atoms with E-state index in [1.807, 2.05) is 12.1 Å². The van der Waals surface area contributed by atoms with Gasteiger partial charge >= 0.3 is 0 Å². The molecule has 1 aliphatic rings. The number of rotatable bonds is 0. The molecule has 11 heavy (non-hydrogen) atoms. The lowest BCUT2D eigenvalue weighted by Crippen LogP contribution is -2.16. The highest BCUT2D eigenvalue weighted by molar-refractivity contribution is 6.21. The molecular formula is C9H10ClN. The zero-order valence-corrected chi connectivity index (χ0v) is 6.88. The fourth-order valence-electron chi connectivity index (χ4n) is 1.58. The van der Waals surface area contributed by atoms with Crippen LogP contribution in [0.2, 0.25) is 0 Å². The third-order valence-corrected chi connectivity index (χ3v) is 2.64. The van der Waals surface area contributed by atoms with Crippen molar-refractivity contribution in [3.63, 3.8) is 0 Å². The zero-order chi connectivity index (χ0) is 7.84. The molecule has 1 aliphatic carbocycles. The van der Waals surface area contributed by atoms with Gasteiger partial charge in [0.15, 0.2) is 0 Å². The normalized spacial score (nSPS) is 28.5. The number of alkyl halides is 1. The van der Waals surface area contributed by atoms with Crippen molar-refractivity contribution >= 4 is 11.6 Å². The molecule has 58 valence electrons. The molecule has 0 saturated carbocycles. The second-order valence-electron chi connectivity index (χ2n) is 2.94. The Morgan fingerprint density at radius 2 is 2.09 bits per heavy atom. The maximum atomic E-state index is 6.00. The van der Waals surface area contributed by atoms with E-state index in [0.717, 1.165) is 6.42 Å². The van der Waals surface area contributed by atoms with Crippen molar-refractivity contribution in [1.29, 1.82) is 0 Å². The van der Waals surface area contributed by atoms with E-state index in [2.05, 4.69) is 12.1 Å². The molecule has 0 amide bonds. The SMILES string of the molecule is N[C@@H]1c2ccccc2C[C@@H]1Cl. The first-order valence-electron chi connectivity index (χ1n) is 3.76. The highest BCUT2D eigenvalue weighted by Gasteiger charge is 2.26. The number of nitrogens with two attached hydrogens (primary N) is 1. The van der Waals surface area contributed by atoms with E-state index >= 15 is 0 Å². The average Bonchev–Trinajstić information content (AvgIpc) is 2.30. The van der Waals surface area contributed by atoms with Crippen LogP contribution in [0.5, 0.6) is 0 Å². The second-order valence-corrected chi connectivity index (χ2v) is 3.51. The van der Waals surface area contributed by atoms with Crippen LogP contribution in [0, 0.1) is 0 Å². The van der Waals surface area contributed by atoms with E-state index in [4.69, 9.17) is 17.3 Å². The van der Waals surface area contributed by atoms with E-state index in [9.17, 15) is 0 Å². The molecule has 2 N–H and O–H groups in total. The first kappa shape index (κ1) is 7.14. The van der Waals surface area contributed by atoms with Gasteiger partial charge in [0.2, 0.25) is 0 Å². The molecule has 2 heteroatoms. The van der Waals surface area contributed by atoms with Crippen LogP contribution in [0.3, 0.4) is 0 Å². The molecule has 0 bridgehead atoms. The molecular weight excluding hydrogens is 158 g/mol. The van der Waals surface area contributed by atoms with Crippen LogP contribution in [0.15, 0.2) is 24.3 Å². The predicted octanol–water partition coefficient (Wildman–Crippen LogP) is 1.85. The lowest BCUT2D eigenvalue weighted by Gasteiger charge is -2.06. The summed E-state index contributed by atoms with van der Waals surface area (Å²) in [5.41, 5.74) is 8.38. The number of halogens is 1. The summed E-state index contributed by atoms with van der Waals surface area (Å²) in [6.45, 7) is 0. The number of hydrogen-bond acceptors (Lipinski definition) is 1. The molecule has 1 aromatic carbocycles. The Hall–Kier alpha value is -0.530. The van der Waals surface area contributed by atoms with Gasteiger partial charge < -0.3 is 5.73 Å². The Morgan fingerprint density at radius 3 is 2.82 bits per heavy atom. The molecule has 0 fully saturated rings. The molecule has 0 heterocycles. The van der Waals surface area contributed by atoms with Crippen molar-refractivity contribution in [3.8, 4) is 0 Å². The van der Waals surface area contributed by atoms with Gasteiger partial charge in [-0.2, -0.15) is 0 Å². The molecule has 1 nitrogen and oxygen atoms in total. The summed E-state index contributed by atoms with van der Waals surface area (Å²) >= 11 is 6.00. The predicted molar refractivity (Wildman–Crippen MR) is 46.7 cm³/mol. The third kappa shape index (κ3) is 1.05. The lowest BCUT2D eigenvalue weighted by molar-refractivity contribution is 0.723. The highest BCUT2D eigenvalue weighted by atomic mass is 35.5. The fourth-order valence-corrected chi connectivity index (χ4v) is 1.88. The molecule has 2 rings (SSSR count). The van der Waals surface area contributed by atoms with E-state index in [-0.39, 0.29) is 11.4 Å². The number of benzene rings is 1. The molecule has 1 aromatic rings. The van der Waals surface area contributed by atoms with Crippen molar-refractivity contribution < 1.29 is 0 Å². The van der Waals surface area contributed by atoms with Crippen molar-refractivity contribution in [2.75, 3.05) is 0 Å². The Balaban J connectivity index is 2.47. The molecule has 2 atom stereocenters. The zero-order valence-electron chi connectivity index (χ0n) is 6.13. The van der Waals surface area contributed by atoms with E-state index < -0.39 is 0 Å². The monoisotopic (exact) mass is 167 g/mol. The smallest absolute Gasteiger partial charge is 0.0569 e. The number of hydrogen-bond donors (Lipinski definition) is 1. The van der Waals surface area contributed by atoms with Gasteiger partial charge in [0.1, 0.15) is 0 Å². The molecule has 0 aliphatic heterocycles. The topological polar surface area (TPSA) is 26.0 Å². The van der Waals surface area contributed by atoms with Crippen LogP contribution in [-0.4, -0.2) is 5.38 Å². The fraction of sp³-hybridized carbons (Fsp3) is 0.333. The largest absolute Gasteiger partial charge is 0.323 e. The Morgan fingerprint density at radius 1 is 1.36 bits per heavy atom. The summed E-state index contributed by atoms with van der Waals surface area (Å²) in [6.07, 6.45) is 0.916. The maximum absolute atomic E-state index is 6.00. The first-order valence-corrected chi connectivity index (χ1v) is 4.20. The van der Waals surface area contributed by atoms with Crippen molar-refractivity contribution in [2.24, 2.45) is 5.73 Å². The third-order valence-electron chi connectivity index (χ3n) is 2.22. The van der Waals surface area contributed by atoms with Crippen LogP contribution in [-0.2, 0) is 6.42 Å². The summed E-state index contributed by atoms with van der Waals surface area (Å²) in [5.74, 6) is 0. The second kappa shape index (κ2) is 2.50. The van der Waals surface area contributed by atoms with Gasteiger partial charge in [-0.25, -0.2) is 0 Å². The molecule has 0 unspecified atom stereocenters. The van der Waals surface area contributed by atoms with E-state index in [1.54, 1.807) is 0 Å². The quantitative estimate of drug-likeness (QED) is 0.587. The van der Waals surface area contributed by atoms with Gasteiger partial charge in [0, 0.05) is 6.04 Å². The standard InChI is InChI=1S/C9H10ClN/c10-8-5-6-3-1-2-4-7(6)9(8)11/h1-4,8-9H,5,11H2/t8-,9+/m0/s1. The average molecular weight is 168 g/mol. The summed E-state index contributed by atoms with van der Waals surface area (Å²) in [5, 5.41) is 0.0902. The summed E-state index contributed by atoms with van der Waals surface area (Å²) in [6, 6.07) is 8.22. The summed E-state index contributed by atoms with van der Waals surface area (Å²) in [7, 11) is 0. The van der Waals surface area contributed by atoms with Crippen molar-refractivity contribution in [1.82, 2.24) is 0 Å². The molecule has 0 radical (unpaired) electrons. The molecule has 0 saturated heterocycles. The van der Waals surface area contributed by atoms with Crippen molar-refractivity contribution in [2.45, 2.75) is 17.8 Å². The summed E-state index contributed by atoms with van der Waals surface area (Å²) in [4.78, 5) is 0. The minimum Gasteiger partial charge on any atom is -0.323 e. The van der Waals surface area contributed by atoms with Crippen LogP contribution >= 0.6 is 11.6 Å². The summed E-state index contributed by atoms with van der Waals surface area (Å²) < 4.78 is 0. The van der Waals surface area contributed by atoms with Gasteiger partial charge in [-0.05, 0) is 17.5 Å².